The second kappa shape index (κ2) is 11.0. The monoisotopic (exact) mass is 500 g/mol. The number of nitrogens with zero attached hydrogens (tertiary/aromatic N) is 2. The number of morpholine rings is 1. The summed E-state index contributed by atoms with van der Waals surface area (Å²) in [5.74, 6) is 0.459. The molecule has 0 spiro atoms. The Bertz CT molecular complexity index is 723. The molecule has 3 N–H and O–H groups in total. The molecule has 1 aliphatic rings. The average molecular weight is 500 g/mol. The number of hydrogen-bond donors (Lipinski definition) is 2. The van der Waals surface area contributed by atoms with Crippen LogP contribution in [0.3, 0.4) is 0 Å². The van der Waals surface area contributed by atoms with E-state index in [9.17, 15) is 0 Å². The number of ether oxygens (including phenoxy) is 1. The number of nitrogens with one attached hydrogen (secondary N) is 1. The summed E-state index contributed by atoms with van der Waals surface area (Å²) in [5.41, 5.74) is 8.42. The van der Waals surface area contributed by atoms with Crippen molar-refractivity contribution >= 4 is 47.0 Å². The van der Waals surface area contributed by atoms with Gasteiger partial charge in [-0.2, -0.15) is 0 Å². The molecule has 0 aliphatic carbocycles. The summed E-state index contributed by atoms with van der Waals surface area (Å²) >= 11 is 1.77. The van der Waals surface area contributed by atoms with E-state index in [0.717, 1.165) is 31.8 Å². The zero-order valence-electron chi connectivity index (χ0n) is 15.9. The number of aryl methyl sites for hydroxylation is 1. The van der Waals surface area contributed by atoms with Crippen LogP contribution in [0.4, 0.5) is 5.69 Å². The number of anilines is 1. The minimum absolute atomic E-state index is 0. The Morgan fingerprint density at radius 1 is 1.41 bits per heavy atom. The fourth-order valence-electron chi connectivity index (χ4n) is 3.24. The first-order valence-electron chi connectivity index (χ1n) is 9.20. The van der Waals surface area contributed by atoms with Crippen LogP contribution in [0, 0.1) is 0 Å². The molecule has 148 valence electrons. The highest BCUT2D eigenvalue weighted by atomic mass is 127. The maximum atomic E-state index is 6.15. The van der Waals surface area contributed by atoms with Gasteiger partial charge in [0.2, 0.25) is 0 Å². The summed E-state index contributed by atoms with van der Waals surface area (Å²) in [6.07, 6.45) is 1.25. The smallest absolute Gasteiger partial charge is 0.193 e. The van der Waals surface area contributed by atoms with Crippen molar-refractivity contribution in [2.75, 3.05) is 31.6 Å². The quantitative estimate of drug-likeness (QED) is 0.356. The number of rotatable bonds is 6. The van der Waals surface area contributed by atoms with Gasteiger partial charge in [-0.05, 0) is 42.5 Å². The summed E-state index contributed by atoms with van der Waals surface area (Å²) in [4.78, 5) is 8.41. The van der Waals surface area contributed by atoms with Crippen molar-refractivity contribution in [3.05, 3.63) is 52.2 Å². The van der Waals surface area contributed by atoms with E-state index in [-0.39, 0.29) is 36.1 Å². The number of aliphatic imine (C=N–C) groups is 1. The number of benzene rings is 1. The standard InChI is InChI=1S/C20H28N4OS.HI/c1-3-16-6-4-7-17(12-16)23-20(21)22-13-18(19-8-5-11-26-19)24-9-10-25-15(2)14-24;/h4-8,11-12,15,18H,3,9-10,13-14H2,1-2H3,(H3,21,22,23);1H. The lowest BCUT2D eigenvalue weighted by molar-refractivity contribution is -0.0327. The van der Waals surface area contributed by atoms with E-state index in [0.29, 0.717) is 12.5 Å². The molecule has 0 saturated carbocycles. The van der Waals surface area contributed by atoms with Crippen molar-refractivity contribution in [2.45, 2.75) is 32.4 Å². The molecule has 7 heteroatoms. The van der Waals surface area contributed by atoms with Gasteiger partial charge in [-0.25, -0.2) is 0 Å². The highest BCUT2D eigenvalue weighted by Gasteiger charge is 2.26. The van der Waals surface area contributed by atoms with Crippen molar-refractivity contribution in [1.29, 1.82) is 0 Å². The zero-order valence-corrected chi connectivity index (χ0v) is 19.1. The van der Waals surface area contributed by atoms with Crippen LogP contribution in [0.1, 0.15) is 30.3 Å². The molecule has 0 radical (unpaired) electrons. The van der Waals surface area contributed by atoms with Gasteiger partial charge in [-0.15, -0.1) is 35.3 Å². The largest absolute Gasteiger partial charge is 0.376 e. The Morgan fingerprint density at radius 2 is 2.26 bits per heavy atom. The Balaban J connectivity index is 0.00000261. The van der Waals surface area contributed by atoms with Crippen LogP contribution in [0.25, 0.3) is 0 Å². The van der Waals surface area contributed by atoms with Crippen LogP contribution < -0.4 is 11.1 Å². The van der Waals surface area contributed by atoms with Crippen LogP contribution >= 0.6 is 35.3 Å². The van der Waals surface area contributed by atoms with E-state index in [2.05, 4.69) is 58.7 Å². The van der Waals surface area contributed by atoms with Gasteiger partial charge in [-0.3, -0.25) is 9.89 Å². The summed E-state index contributed by atoms with van der Waals surface area (Å²) in [6, 6.07) is 12.8. The molecular weight excluding hydrogens is 471 g/mol. The first-order valence-corrected chi connectivity index (χ1v) is 10.1. The van der Waals surface area contributed by atoms with E-state index in [1.165, 1.54) is 10.4 Å². The lowest BCUT2D eigenvalue weighted by Gasteiger charge is -2.36. The van der Waals surface area contributed by atoms with Gasteiger partial charge in [-0.1, -0.05) is 25.1 Å². The Labute approximate surface area is 183 Å². The molecule has 2 heterocycles. The third kappa shape index (κ3) is 6.44. The van der Waals surface area contributed by atoms with Crippen molar-refractivity contribution < 1.29 is 4.74 Å². The molecular formula is C20H29IN4OS. The van der Waals surface area contributed by atoms with Crippen molar-refractivity contribution in [1.82, 2.24) is 4.90 Å². The Hall–Kier alpha value is -1.16. The number of guanidine groups is 1. The third-order valence-electron chi connectivity index (χ3n) is 4.63. The van der Waals surface area contributed by atoms with Crippen LogP contribution in [0.15, 0.2) is 46.8 Å². The Morgan fingerprint density at radius 3 is 2.96 bits per heavy atom. The zero-order chi connectivity index (χ0) is 18.4. The van der Waals surface area contributed by atoms with Crippen LogP contribution in [-0.4, -0.2) is 43.2 Å². The van der Waals surface area contributed by atoms with Crippen LogP contribution in [0.2, 0.25) is 0 Å². The van der Waals surface area contributed by atoms with E-state index in [1.54, 1.807) is 11.3 Å². The minimum atomic E-state index is 0. The number of halogens is 1. The second-order valence-electron chi connectivity index (χ2n) is 6.61. The lowest BCUT2D eigenvalue weighted by atomic mass is 10.1. The molecule has 27 heavy (non-hydrogen) atoms. The molecule has 1 aliphatic heterocycles. The first kappa shape index (κ1) is 22.1. The molecule has 1 aromatic carbocycles. The van der Waals surface area contributed by atoms with Crippen LogP contribution in [0.5, 0.6) is 0 Å². The number of hydrogen-bond acceptors (Lipinski definition) is 4. The van der Waals surface area contributed by atoms with E-state index in [1.807, 2.05) is 12.1 Å². The molecule has 1 fully saturated rings. The van der Waals surface area contributed by atoms with Gasteiger partial charge in [0.05, 0.1) is 25.3 Å². The highest BCUT2D eigenvalue weighted by Crippen LogP contribution is 2.27. The van der Waals surface area contributed by atoms with Gasteiger partial charge in [0.1, 0.15) is 0 Å². The average Bonchev–Trinajstić information content (AvgIpc) is 3.16. The van der Waals surface area contributed by atoms with Gasteiger partial charge in [0.25, 0.3) is 0 Å². The van der Waals surface area contributed by atoms with Gasteiger partial charge >= 0.3 is 0 Å². The number of thiophene rings is 1. The summed E-state index contributed by atoms with van der Waals surface area (Å²) in [6.45, 7) is 7.52. The van der Waals surface area contributed by atoms with E-state index >= 15 is 0 Å². The van der Waals surface area contributed by atoms with Crippen LogP contribution in [-0.2, 0) is 11.2 Å². The SMILES string of the molecule is CCc1cccc(NC(N)=NCC(c2cccs2)N2CCOC(C)C2)c1.I. The lowest BCUT2D eigenvalue weighted by Crippen LogP contribution is -2.44. The maximum absolute atomic E-state index is 6.15. The third-order valence-corrected chi connectivity index (χ3v) is 5.60. The summed E-state index contributed by atoms with van der Waals surface area (Å²) < 4.78 is 5.69. The first-order chi connectivity index (χ1) is 12.7. The molecule has 0 amide bonds. The van der Waals surface area contributed by atoms with E-state index in [4.69, 9.17) is 10.5 Å². The van der Waals surface area contributed by atoms with Gasteiger partial charge in [0.15, 0.2) is 5.96 Å². The molecule has 3 rings (SSSR count). The second-order valence-corrected chi connectivity index (χ2v) is 7.59. The fraction of sp³-hybridized carbons (Fsp3) is 0.450. The molecule has 2 aromatic rings. The molecule has 0 bridgehead atoms. The van der Waals surface area contributed by atoms with Crippen molar-refractivity contribution in [2.24, 2.45) is 10.7 Å². The predicted molar refractivity (Wildman–Crippen MR) is 125 cm³/mol. The highest BCUT2D eigenvalue weighted by molar-refractivity contribution is 14.0. The fourth-order valence-corrected chi connectivity index (χ4v) is 4.09. The molecule has 5 nitrogen and oxygen atoms in total. The molecule has 1 saturated heterocycles. The van der Waals surface area contributed by atoms with E-state index < -0.39 is 0 Å². The minimum Gasteiger partial charge on any atom is -0.376 e. The summed E-state index contributed by atoms with van der Waals surface area (Å²) in [5, 5.41) is 5.34. The maximum Gasteiger partial charge on any atom is 0.193 e. The Kier molecular flexibility index (Phi) is 9.01. The summed E-state index contributed by atoms with van der Waals surface area (Å²) in [7, 11) is 0. The number of nitrogens with two attached hydrogens (primary N) is 1. The van der Waals surface area contributed by atoms with Gasteiger partial charge < -0.3 is 15.8 Å². The van der Waals surface area contributed by atoms with Crippen molar-refractivity contribution in [3.63, 3.8) is 0 Å². The normalized spacial score (nSPS) is 19.3. The molecule has 1 aromatic heterocycles. The van der Waals surface area contributed by atoms with Gasteiger partial charge in [0, 0.05) is 23.7 Å². The molecule has 2 unspecified atom stereocenters. The topological polar surface area (TPSA) is 62.9 Å². The van der Waals surface area contributed by atoms with Crippen molar-refractivity contribution in [3.8, 4) is 0 Å². The predicted octanol–water partition coefficient (Wildman–Crippen LogP) is 4.12. The molecule has 2 atom stereocenters.